The molecule has 2 fully saturated rings. The molecule has 64 valence electrons. The Morgan fingerprint density at radius 1 is 1.33 bits per heavy atom. The van der Waals surface area contributed by atoms with Crippen LogP contribution in [0.5, 0.6) is 0 Å². The molecule has 2 heterocycles. The Hall–Kier alpha value is -0.665. The summed E-state index contributed by atoms with van der Waals surface area (Å²) in [6.45, 7) is 0. The zero-order valence-electron chi connectivity index (χ0n) is 7.12. The van der Waals surface area contributed by atoms with Gasteiger partial charge in [0.15, 0.2) is 0 Å². The molecular formula is C8H13BN2O. The number of nitrogens with one attached hydrogen (secondary N) is 1. The molecule has 2 aliphatic rings. The first-order chi connectivity index (χ1) is 5.81. The molecule has 3 nitrogen and oxygen atoms in total. The maximum absolute atomic E-state index is 11.2. The number of hydrogen-bond acceptors (Lipinski definition) is 2. The van der Waals surface area contributed by atoms with E-state index in [1.807, 2.05) is 0 Å². The van der Waals surface area contributed by atoms with Crippen LogP contribution in [-0.4, -0.2) is 29.9 Å². The molecule has 0 saturated carbocycles. The minimum absolute atomic E-state index is 0.350. The van der Waals surface area contributed by atoms with E-state index in [0.717, 1.165) is 12.8 Å². The van der Waals surface area contributed by atoms with E-state index >= 15 is 0 Å². The summed E-state index contributed by atoms with van der Waals surface area (Å²) < 4.78 is 0. The summed E-state index contributed by atoms with van der Waals surface area (Å²) in [5.41, 5.74) is 0. The quantitative estimate of drug-likeness (QED) is 0.586. The SMILES string of the molecule is N=BN1[C@@H]2CCC[C@H]1CC(=O)C2. The monoisotopic (exact) mass is 164 g/mol. The van der Waals surface area contributed by atoms with Gasteiger partial charge in [0, 0.05) is 0 Å². The summed E-state index contributed by atoms with van der Waals surface area (Å²) >= 11 is 0. The van der Waals surface area contributed by atoms with Gasteiger partial charge < -0.3 is 0 Å². The normalized spacial score (nSPS) is 34.7. The third-order valence-electron chi connectivity index (χ3n) is 2.99. The van der Waals surface area contributed by atoms with Crippen molar-refractivity contribution < 1.29 is 4.79 Å². The molecule has 0 spiro atoms. The molecule has 0 aromatic carbocycles. The van der Waals surface area contributed by atoms with Crippen molar-refractivity contribution in [1.29, 1.82) is 5.31 Å². The fraction of sp³-hybridized carbons (Fsp3) is 0.875. The zero-order chi connectivity index (χ0) is 8.55. The Morgan fingerprint density at radius 3 is 2.42 bits per heavy atom. The number of ketones is 1. The van der Waals surface area contributed by atoms with Crippen molar-refractivity contribution in [2.24, 2.45) is 0 Å². The molecule has 12 heavy (non-hydrogen) atoms. The minimum atomic E-state index is 0.350. The Kier molecular flexibility index (Phi) is 1.99. The number of hydrogen-bond donors (Lipinski definition) is 1. The molecule has 0 radical (unpaired) electrons. The molecule has 4 heteroatoms. The van der Waals surface area contributed by atoms with Crippen LogP contribution >= 0.6 is 0 Å². The summed E-state index contributed by atoms with van der Waals surface area (Å²) in [7, 11) is 1.42. The van der Waals surface area contributed by atoms with Crippen LogP contribution < -0.4 is 0 Å². The number of carbonyl (C=O) groups is 1. The van der Waals surface area contributed by atoms with Gasteiger partial charge in [-0.25, -0.2) is 0 Å². The average molecular weight is 164 g/mol. The van der Waals surface area contributed by atoms with E-state index in [1.165, 1.54) is 13.6 Å². The van der Waals surface area contributed by atoms with E-state index in [2.05, 4.69) is 4.81 Å². The predicted molar refractivity (Wildman–Crippen MR) is 46.0 cm³/mol. The molecule has 2 saturated heterocycles. The van der Waals surface area contributed by atoms with Crippen LogP contribution in [0.15, 0.2) is 0 Å². The van der Waals surface area contributed by atoms with Crippen LogP contribution in [0.3, 0.4) is 0 Å². The van der Waals surface area contributed by atoms with Crippen molar-refractivity contribution in [3.8, 4) is 0 Å². The van der Waals surface area contributed by atoms with Crippen LogP contribution in [-0.2, 0) is 4.79 Å². The summed E-state index contributed by atoms with van der Waals surface area (Å²) in [4.78, 5) is 13.3. The van der Waals surface area contributed by atoms with E-state index < -0.39 is 0 Å². The van der Waals surface area contributed by atoms with Gasteiger partial charge in [0.05, 0.1) is 0 Å². The van der Waals surface area contributed by atoms with Crippen LogP contribution in [0.4, 0.5) is 0 Å². The van der Waals surface area contributed by atoms with Gasteiger partial charge in [-0.3, -0.25) is 0 Å². The third kappa shape index (κ3) is 1.19. The number of nitrogens with zero attached hydrogens (tertiary/aromatic N) is 1. The van der Waals surface area contributed by atoms with Gasteiger partial charge in [0.2, 0.25) is 0 Å². The van der Waals surface area contributed by atoms with Gasteiger partial charge in [-0.2, -0.15) is 0 Å². The second kappa shape index (κ2) is 3.00. The van der Waals surface area contributed by atoms with Crippen LogP contribution in [0.1, 0.15) is 32.1 Å². The first-order valence-corrected chi connectivity index (χ1v) is 4.61. The van der Waals surface area contributed by atoms with Gasteiger partial charge in [-0.1, -0.05) is 0 Å². The summed E-state index contributed by atoms with van der Waals surface area (Å²) in [5.74, 6) is 0.391. The number of rotatable bonds is 1. The molecule has 0 aromatic rings. The van der Waals surface area contributed by atoms with E-state index in [-0.39, 0.29) is 0 Å². The Morgan fingerprint density at radius 2 is 1.92 bits per heavy atom. The van der Waals surface area contributed by atoms with Gasteiger partial charge in [0.25, 0.3) is 0 Å². The van der Waals surface area contributed by atoms with Crippen molar-refractivity contribution in [2.45, 2.75) is 44.2 Å². The molecule has 0 aliphatic carbocycles. The van der Waals surface area contributed by atoms with Crippen molar-refractivity contribution >= 4 is 13.0 Å². The maximum atomic E-state index is 11.2. The van der Waals surface area contributed by atoms with Gasteiger partial charge in [-0.05, 0) is 0 Å². The number of piperidine rings is 2. The van der Waals surface area contributed by atoms with Crippen molar-refractivity contribution in [3.63, 3.8) is 0 Å². The third-order valence-corrected chi connectivity index (χ3v) is 2.99. The predicted octanol–water partition coefficient (Wildman–Crippen LogP) is 0.954. The van der Waals surface area contributed by atoms with Gasteiger partial charge in [-0.15, -0.1) is 0 Å². The standard InChI is InChI=1S/C8H13BN2O/c10-9-11-6-2-1-3-7(11)5-8(12)4-6/h6-7,10H,1-5H2/t6-,7+. The Balaban J connectivity index is 2.16. The molecule has 0 amide bonds. The topological polar surface area (TPSA) is 44.2 Å². The Labute approximate surface area is 72.9 Å². The number of fused-ring (bicyclic) bond motifs is 2. The summed E-state index contributed by atoms with van der Waals surface area (Å²) in [5, 5.41) is 7.25. The summed E-state index contributed by atoms with van der Waals surface area (Å²) in [6.07, 6.45) is 4.76. The Bertz CT molecular complexity index is 203. The molecule has 2 bridgehead atoms. The summed E-state index contributed by atoms with van der Waals surface area (Å²) in [6, 6.07) is 0.699. The van der Waals surface area contributed by atoms with Crippen LogP contribution in [0.25, 0.3) is 0 Å². The van der Waals surface area contributed by atoms with Crippen LogP contribution in [0.2, 0.25) is 0 Å². The molecule has 2 atom stereocenters. The second-order valence-electron chi connectivity index (χ2n) is 3.76. The fourth-order valence-electron chi connectivity index (χ4n) is 2.42. The zero-order valence-corrected chi connectivity index (χ0v) is 7.12. The van der Waals surface area contributed by atoms with Gasteiger partial charge in [0.1, 0.15) is 0 Å². The molecular weight excluding hydrogens is 151 g/mol. The van der Waals surface area contributed by atoms with E-state index in [9.17, 15) is 4.79 Å². The fourth-order valence-corrected chi connectivity index (χ4v) is 2.42. The van der Waals surface area contributed by atoms with Crippen molar-refractivity contribution in [1.82, 2.24) is 4.81 Å². The van der Waals surface area contributed by atoms with Crippen molar-refractivity contribution in [2.75, 3.05) is 0 Å². The molecule has 1 N–H and O–H groups in total. The van der Waals surface area contributed by atoms with E-state index in [0.29, 0.717) is 30.7 Å². The van der Waals surface area contributed by atoms with Crippen molar-refractivity contribution in [3.05, 3.63) is 0 Å². The number of carbonyl (C=O) groups excluding carboxylic acids is 1. The molecule has 2 aliphatic heterocycles. The molecule has 0 unspecified atom stereocenters. The molecule has 2 rings (SSSR count). The number of Topliss-reactive ketones (excluding diaryl/α,β-unsaturated/α-hetero) is 1. The van der Waals surface area contributed by atoms with Gasteiger partial charge >= 0.3 is 72.1 Å². The van der Waals surface area contributed by atoms with E-state index in [4.69, 9.17) is 5.31 Å². The first kappa shape index (κ1) is 7.96. The second-order valence-corrected chi connectivity index (χ2v) is 3.76. The van der Waals surface area contributed by atoms with E-state index in [1.54, 1.807) is 0 Å². The molecule has 0 aromatic heterocycles. The van der Waals surface area contributed by atoms with Crippen LogP contribution in [0, 0.1) is 5.31 Å². The average Bonchev–Trinajstić information content (AvgIpc) is 2.02. The first-order valence-electron chi connectivity index (χ1n) is 4.61.